The van der Waals surface area contributed by atoms with Gasteiger partial charge in [-0.1, -0.05) is 54.1 Å². The second kappa shape index (κ2) is 10.4. The third-order valence-corrected chi connectivity index (χ3v) is 5.52. The number of benzene rings is 2. The molecular weight excluding hydrogens is 340 g/mol. The zero-order valence-corrected chi connectivity index (χ0v) is 17.1. The summed E-state index contributed by atoms with van der Waals surface area (Å²) < 4.78 is 0. The van der Waals surface area contributed by atoms with Crippen LogP contribution in [0.2, 0.25) is 0 Å². The summed E-state index contributed by atoms with van der Waals surface area (Å²) in [6.07, 6.45) is 0. The molecule has 1 N–H and O–H groups in total. The molecule has 0 spiro atoms. The first-order valence-corrected chi connectivity index (χ1v) is 10.3. The third kappa shape index (κ3) is 6.85. The molecule has 0 aliphatic heterocycles. The van der Waals surface area contributed by atoms with E-state index in [9.17, 15) is 4.79 Å². The van der Waals surface area contributed by atoms with Crippen molar-refractivity contribution in [3.05, 3.63) is 70.8 Å². The molecule has 0 bridgehead atoms. The molecule has 0 unspecified atom stereocenters. The van der Waals surface area contributed by atoms with Crippen molar-refractivity contribution in [1.82, 2.24) is 10.2 Å². The van der Waals surface area contributed by atoms with Gasteiger partial charge in [0.05, 0.1) is 5.75 Å². The first-order valence-electron chi connectivity index (χ1n) is 9.12. The molecular formula is C22H30N2OS. The van der Waals surface area contributed by atoms with Gasteiger partial charge in [-0.25, -0.2) is 0 Å². The van der Waals surface area contributed by atoms with E-state index in [0.717, 1.165) is 12.3 Å². The monoisotopic (exact) mass is 370 g/mol. The molecule has 2 rings (SSSR count). The number of carbonyl (C=O) groups is 1. The number of nitrogens with zero attached hydrogens (tertiary/aromatic N) is 1. The zero-order valence-electron chi connectivity index (χ0n) is 16.3. The first kappa shape index (κ1) is 20.5. The highest BCUT2D eigenvalue weighted by Crippen LogP contribution is 2.14. The summed E-state index contributed by atoms with van der Waals surface area (Å²) >= 11 is 1.65. The molecule has 4 heteroatoms. The Hall–Kier alpha value is -1.78. The van der Waals surface area contributed by atoms with Crippen LogP contribution in [0.1, 0.15) is 36.1 Å². The van der Waals surface area contributed by atoms with E-state index in [1.807, 2.05) is 6.07 Å². The van der Waals surface area contributed by atoms with Gasteiger partial charge in [-0.05, 0) is 44.5 Å². The van der Waals surface area contributed by atoms with Crippen molar-refractivity contribution >= 4 is 17.7 Å². The molecule has 0 aliphatic carbocycles. The maximum atomic E-state index is 12.2. The SMILES string of the molecule is Cc1ccc(CSCC(=O)NCc2ccccc2CN(C)C(C)C)cc1. The Morgan fingerprint density at radius 2 is 1.73 bits per heavy atom. The lowest BCUT2D eigenvalue weighted by atomic mass is 10.1. The Bertz CT molecular complexity index is 698. The van der Waals surface area contributed by atoms with Crippen molar-refractivity contribution in [2.24, 2.45) is 0 Å². The van der Waals surface area contributed by atoms with Gasteiger partial charge in [0.1, 0.15) is 0 Å². The van der Waals surface area contributed by atoms with Gasteiger partial charge in [0.15, 0.2) is 0 Å². The van der Waals surface area contributed by atoms with Crippen LogP contribution in [0.4, 0.5) is 0 Å². The molecule has 1 amide bonds. The highest BCUT2D eigenvalue weighted by atomic mass is 32.2. The van der Waals surface area contributed by atoms with Crippen LogP contribution in [0.15, 0.2) is 48.5 Å². The number of carbonyl (C=O) groups excluding carboxylic acids is 1. The number of amides is 1. The van der Waals surface area contributed by atoms with Crippen LogP contribution >= 0.6 is 11.8 Å². The van der Waals surface area contributed by atoms with E-state index in [0.29, 0.717) is 18.3 Å². The number of rotatable bonds is 9. The predicted molar refractivity (Wildman–Crippen MR) is 112 cm³/mol. The normalized spacial score (nSPS) is 11.2. The Morgan fingerprint density at radius 1 is 1.08 bits per heavy atom. The Kier molecular flexibility index (Phi) is 8.20. The molecule has 0 aliphatic rings. The predicted octanol–water partition coefficient (Wildman–Crippen LogP) is 4.38. The van der Waals surface area contributed by atoms with Gasteiger partial charge < -0.3 is 5.32 Å². The lowest BCUT2D eigenvalue weighted by Crippen LogP contribution is -2.28. The maximum Gasteiger partial charge on any atom is 0.230 e. The van der Waals surface area contributed by atoms with Crippen molar-refractivity contribution in [2.45, 2.75) is 45.7 Å². The summed E-state index contributed by atoms with van der Waals surface area (Å²) in [4.78, 5) is 14.5. The molecule has 0 aromatic heterocycles. The van der Waals surface area contributed by atoms with E-state index in [1.165, 1.54) is 22.3 Å². The Labute approximate surface area is 162 Å². The molecule has 0 heterocycles. The largest absolute Gasteiger partial charge is 0.351 e. The van der Waals surface area contributed by atoms with E-state index >= 15 is 0 Å². The van der Waals surface area contributed by atoms with Crippen molar-refractivity contribution < 1.29 is 4.79 Å². The fourth-order valence-electron chi connectivity index (χ4n) is 2.53. The standard InChI is InChI=1S/C22H30N2OS/c1-17(2)24(4)14-21-8-6-5-7-20(21)13-23-22(25)16-26-15-19-11-9-18(3)10-12-19/h5-12,17H,13-16H2,1-4H3,(H,23,25). The molecule has 2 aromatic carbocycles. The van der Waals surface area contributed by atoms with Crippen LogP contribution in [0, 0.1) is 6.92 Å². The molecule has 0 saturated heterocycles. The van der Waals surface area contributed by atoms with Gasteiger partial charge in [-0.3, -0.25) is 9.69 Å². The average Bonchev–Trinajstić information content (AvgIpc) is 2.62. The van der Waals surface area contributed by atoms with Gasteiger partial charge in [0.2, 0.25) is 5.91 Å². The highest BCUT2D eigenvalue weighted by Gasteiger charge is 2.09. The molecule has 26 heavy (non-hydrogen) atoms. The maximum absolute atomic E-state index is 12.2. The van der Waals surface area contributed by atoms with Crippen molar-refractivity contribution in [1.29, 1.82) is 0 Å². The number of hydrogen-bond acceptors (Lipinski definition) is 3. The van der Waals surface area contributed by atoms with Gasteiger partial charge in [-0.2, -0.15) is 0 Å². The summed E-state index contributed by atoms with van der Waals surface area (Å²) in [5.41, 5.74) is 4.99. The van der Waals surface area contributed by atoms with E-state index in [-0.39, 0.29) is 5.91 Å². The summed E-state index contributed by atoms with van der Waals surface area (Å²) in [6.45, 7) is 7.95. The van der Waals surface area contributed by atoms with Crippen LogP contribution in [0.3, 0.4) is 0 Å². The molecule has 0 saturated carbocycles. The number of thioether (sulfide) groups is 1. The second-order valence-corrected chi connectivity index (χ2v) is 8.02. The molecule has 0 radical (unpaired) electrons. The van der Waals surface area contributed by atoms with E-state index in [1.54, 1.807) is 11.8 Å². The Balaban J connectivity index is 1.79. The van der Waals surface area contributed by atoms with E-state index < -0.39 is 0 Å². The molecule has 140 valence electrons. The quantitative estimate of drug-likeness (QED) is 0.711. The van der Waals surface area contributed by atoms with Gasteiger partial charge in [-0.15, -0.1) is 11.8 Å². The minimum Gasteiger partial charge on any atom is -0.351 e. The van der Waals surface area contributed by atoms with Gasteiger partial charge in [0, 0.05) is 24.9 Å². The average molecular weight is 371 g/mol. The van der Waals surface area contributed by atoms with Gasteiger partial charge >= 0.3 is 0 Å². The Morgan fingerprint density at radius 3 is 2.38 bits per heavy atom. The van der Waals surface area contributed by atoms with Crippen molar-refractivity contribution in [2.75, 3.05) is 12.8 Å². The van der Waals surface area contributed by atoms with Crippen molar-refractivity contribution in [3.63, 3.8) is 0 Å². The number of nitrogens with one attached hydrogen (secondary N) is 1. The van der Waals surface area contributed by atoms with Gasteiger partial charge in [0.25, 0.3) is 0 Å². The lowest BCUT2D eigenvalue weighted by Gasteiger charge is -2.22. The van der Waals surface area contributed by atoms with Crippen LogP contribution in [-0.2, 0) is 23.6 Å². The molecule has 3 nitrogen and oxygen atoms in total. The molecule has 0 atom stereocenters. The number of aryl methyl sites for hydroxylation is 1. The van der Waals surface area contributed by atoms with Crippen LogP contribution in [-0.4, -0.2) is 29.6 Å². The van der Waals surface area contributed by atoms with Crippen LogP contribution in [0.25, 0.3) is 0 Å². The fourth-order valence-corrected chi connectivity index (χ4v) is 3.34. The summed E-state index contributed by atoms with van der Waals surface area (Å²) in [5, 5.41) is 3.06. The fraction of sp³-hybridized carbons (Fsp3) is 0.409. The second-order valence-electron chi connectivity index (χ2n) is 7.03. The topological polar surface area (TPSA) is 32.3 Å². The van der Waals surface area contributed by atoms with E-state index in [4.69, 9.17) is 0 Å². The zero-order chi connectivity index (χ0) is 18.9. The summed E-state index contributed by atoms with van der Waals surface area (Å²) in [7, 11) is 2.13. The lowest BCUT2D eigenvalue weighted by molar-refractivity contribution is -0.118. The van der Waals surface area contributed by atoms with Crippen LogP contribution < -0.4 is 5.32 Å². The minimum atomic E-state index is 0.0918. The third-order valence-electron chi connectivity index (χ3n) is 4.52. The van der Waals surface area contributed by atoms with Crippen molar-refractivity contribution in [3.8, 4) is 0 Å². The highest BCUT2D eigenvalue weighted by molar-refractivity contribution is 7.99. The summed E-state index contributed by atoms with van der Waals surface area (Å²) in [5.74, 6) is 1.44. The van der Waals surface area contributed by atoms with E-state index in [2.05, 4.69) is 80.5 Å². The molecule has 2 aromatic rings. The smallest absolute Gasteiger partial charge is 0.230 e. The van der Waals surface area contributed by atoms with Crippen LogP contribution in [0.5, 0.6) is 0 Å². The first-order chi connectivity index (χ1) is 12.5. The summed E-state index contributed by atoms with van der Waals surface area (Å²) in [6, 6.07) is 17.3. The minimum absolute atomic E-state index is 0.0918. The number of hydrogen-bond donors (Lipinski definition) is 1. The molecule has 0 fully saturated rings.